The van der Waals surface area contributed by atoms with Crippen LogP contribution in [-0.2, 0) is 9.59 Å². The topological polar surface area (TPSA) is 75.4 Å². The molecule has 1 aliphatic rings. The molecule has 0 spiro atoms. The summed E-state index contributed by atoms with van der Waals surface area (Å²) in [5, 5.41) is 2.65. The lowest BCUT2D eigenvalue weighted by Gasteiger charge is -2.33. The van der Waals surface area contributed by atoms with Crippen LogP contribution in [0.4, 0.5) is 0 Å². The standard InChI is InChI=1S/C13H25N3O2/c1-3-4-7-11(14)13(18)16-8-5-6-10(9-16)12(17)15-2/h10-11H,3-9,14H2,1-2H3,(H,15,17)/t10?,11-/m0/s1. The number of hydrogen-bond donors (Lipinski definition) is 2. The molecule has 0 radical (unpaired) electrons. The van der Waals surface area contributed by atoms with Crippen molar-refractivity contribution in [2.45, 2.75) is 45.1 Å². The highest BCUT2D eigenvalue weighted by atomic mass is 16.2. The Morgan fingerprint density at radius 3 is 2.83 bits per heavy atom. The molecule has 2 amide bonds. The van der Waals surface area contributed by atoms with E-state index in [-0.39, 0.29) is 17.7 Å². The van der Waals surface area contributed by atoms with E-state index < -0.39 is 6.04 Å². The van der Waals surface area contributed by atoms with Gasteiger partial charge in [0.25, 0.3) is 0 Å². The molecule has 0 aromatic rings. The van der Waals surface area contributed by atoms with Crippen LogP contribution in [0.5, 0.6) is 0 Å². The maximum Gasteiger partial charge on any atom is 0.239 e. The largest absolute Gasteiger partial charge is 0.359 e. The number of rotatable bonds is 5. The van der Waals surface area contributed by atoms with Gasteiger partial charge < -0.3 is 16.0 Å². The van der Waals surface area contributed by atoms with Crippen LogP contribution in [-0.4, -0.2) is 42.9 Å². The quantitative estimate of drug-likeness (QED) is 0.750. The highest BCUT2D eigenvalue weighted by Crippen LogP contribution is 2.17. The third-order valence-electron chi connectivity index (χ3n) is 3.54. The predicted octanol–water partition coefficient (Wildman–Crippen LogP) is 0.489. The van der Waals surface area contributed by atoms with Crippen molar-refractivity contribution in [1.29, 1.82) is 0 Å². The smallest absolute Gasteiger partial charge is 0.239 e. The minimum absolute atomic E-state index is 0.00273. The summed E-state index contributed by atoms with van der Waals surface area (Å²) in [5.41, 5.74) is 5.90. The van der Waals surface area contributed by atoms with Crippen LogP contribution < -0.4 is 11.1 Å². The average Bonchev–Trinajstić information content (AvgIpc) is 2.43. The number of hydrogen-bond acceptors (Lipinski definition) is 3. The molecule has 1 rings (SSSR count). The summed E-state index contributed by atoms with van der Waals surface area (Å²) < 4.78 is 0. The van der Waals surface area contributed by atoms with Gasteiger partial charge >= 0.3 is 0 Å². The van der Waals surface area contributed by atoms with Gasteiger partial charge in [-0.05, 0) is 19.3 Å². The van der Waals surface area contributed by atoms with Crippen molar-refractivity contribution in [3.8, 4) is 0 Å². The van der Waals surface area contributed by atoms with E-state index in [9.17, 15) is 9.59 Å². The molecule has 1 saturated heterocycles. The molecular weight excluding hydrogens is 230 g/mol. The number of carbonyl (C=O) groups is 2. The van der Waals surface area contributed by atoms with Crippen molar-refractivity contribution in [2.75, 3.05) is 20.1 Å². The van der Waals surface area contributed by atoms with Crippen LogP contribution >= 0.6 is 0 Å². The van der Waals surface area contributed by atoms with Crippen LogP contribution in [0.3, 0.4) is 0 Å². The number of carbonyl (C=O) groups excluding carboxylic acids is 2. The SMILES string of the molecule is CCCC[C@H](N)C(=O)N1CCCC(C(=O)NC)C1. The number of nitrogens with two attached hydrogens (primary N) is 1. The lowest BCUT2D eigenvalue weighted by Crippen LogP contribution is -2.50. The molecule has 1 aliphatic heterocycles. The molecule has 5 nitrogen and oxygen atoms in total. The molecule has 18 heavy (non-hydrogen) atoms. The number of nitrogens with zero attached hydrogens (tertiary/aromatic N) is 1. The zero-order chi connectivity index (χ0) is 13.5. The Kier molecular flexibility index (Phi) is 6.12. The molecule has 104 valence electrons. The van der Waals surface area contributed by atoms with E-state index in [1.165, 1.54) is 0 Å². The number of nitrogens with one attached hydrogen (secondary N) is 1. The Bertz CT molecular complexity index is 294. The lowest BCUT2D eigenvalue weighted by molar-refractivity contribution is -0.136. The summed E-state index contributed by atoms with van der Waals surface area (Å²) in [7, 11) is 1.64. The monoisotopic (exact) mass is 255 g/mol. The van der Waals surface area contributed by atoms with Gasteiger partial charge in [-0.2, -0.15) is 0 Å². The highest BCUT2D eigenvalue weighted by Gasteiger charge is 2.29. The molecule has 3 N–H and O–H groups in total. The molecule has 5 heteroatoms. The molecule has 1 unspecified atom stereocenters. The van der Waals surface area contributed by atoms with Crippen molar-refractivity contribution >= 4 is 11.8 Å². The van der Waals surface area contributed by atoms with E-state index in [0.717, 1.165) is 38.6 Å². The predicted molar refractivity (Wildman–Crippen MR) is 70.9 cm³/mol. The van der Waals surface area contributed by atoms with E-state index in [1.807, 2.05) is 0 Å². The van der Waals surface area contributed by atoms with Crippen molar-refractivity contribution in [1.82, 2.24) is 10.2 Å². The first-order valence-electron chi connectivity index (χ1n) is 6.86. The van der Waals surface area contributed by atoms with Gasteiger partial charge in [0, 0.05) is 20.1 Å². The zero-order valence-electron chi connectivity index (χ0n) is 11.4. The Morgan fingerprint density at radius 2 is 2.22 bits per heavy atom. The number of unbranched alkanes of at least 4 members (excludes halogenated alkanes) is 1. The number of likely N-dealkylation sites (tertiary alicyclic amines) is 1. The van der Waals surface area contributed by atoms with Gasteiger partial charge in [-0.3, -0.25) is 9.59 Å². The van der Waals surface area contributed by atoms with Gasteiger partial charge in [0.15, 0.2) is 0 Å². The third kappa shape index (κ3) is 3.98. The van der Waals surface area contributed by atoms with Crippen LogP contribution in [0, 0.1) is 5.92 Å². The van der Waals surface area contributed by atoms with Crippen molar-refractivity contribution in [3.05, 3.63) is 0 Å². The van der Waals surface area contributed by atoms with Gasteiger partial charge in [-0.15, -0.1) is 0 Å². The van der Waals surface area contributed by atoms with Crippen LogP contribution in [0.1, 0.15) is 39.0 Å². The minimum Gasteiger partial charge on any atom is -0.359 e. The second-order valence-electron chi connectivity index (χ2n) is 4.99. The fourth-order valence-corrected chi connectivity index (χ4v) is 2.38. The summed E-state index contributed by atoms with van der Waals surface area (Å²) in [5.74, 6) is -0.0576. The maximum atomic E-state index is 12.1. The third-order valence-corrected chi connectivity index (χ3v) is 3.54. The van der Waals surface area contributed by atoms with Gasteiger partial charge in [-0.1, -0.05) is 19.8 Å². The fourth-order valence-electron chi connectivity index (χ4n) is 2.38. The number of amides is 2. The van der Waals surface area contributed by atoms with Crippen LogP contribution in [0.15, 0.2) is 0 Å². The Hall–Kier alpha value is -1.10. The molecular formula is C13H25N3O2. The molecule has 1 heterocycles. The Balaban J connectivity index is 2.50. The van der Waals surface area contributed by atoms with Gasteiger partial charge in [0.1, 0.15) is 0 Å². The summed E-state index contributed by atoms with van der Waals surface area (Å²) in [6.45, 7) is 3.32. The normalized spacial score (nSPS) is 21.5. The molecule has 0 saturated carbocycles. The van der Waals surface area contributed by atoms with E-state index in [0.29, 0.717) is 6.54 Å². The second-order valence-corrected chi connectivity index (χ2v) is 4.99. The molecule has 0 aromatic heterocycles. The van der Waals surface area contributed by atoms with E-state index in [4.69, 9.17) is 5.73 Å². The summed E-state index contributed by atoms with van der Waals surface area (Å²) in [6.07, 6.45) is 4.48. The fraction of sp³-hybridized carbons (Fsp3) is 0.846. The summed E-state index contributed by atoms with van der Waals surface area (Å²) in [4.78, 5) is 25.5. The molecule has 0 bridgehead atoms. The van der Waals surface area contributed by atoms with E-state index >= 15 is 0 Å². The Morgan fingerprint density at radius 1 is 1.50 bits per heavy atom. The highest BCUT2D eigenvalue weighted by molar-refractivity contribution is 5.83. The number of piperidine rings is 1. The summed E-state index contributed by atoms with van der Waals surface area (Å²) in [6, 6.07) is -0.409. The van der Waals surface area contributed by atoms with Crippen LogP contribution in [0.25, 0.3) is 0 Å². The maximum absolute atomic E-state index is 12.1. The van der Waals surface area contributed by atoms with Crippen LogP contribution in [0.2, 0.25) is 0 Å². The van der Waals surface area contributed by atoms with Gasteiger partial charge in [0.2, 0.25) is 11.8 Å². The van der Waals surface area contributed by atoms with E-state index in [2.05, 4.69) is 12.2 Å². The van der Waals surface area contributed by atoms with Crippen molar-refractivity contribution in [2.24, 2.45) is 11.7 Å². The minimum atomic E-state index is -0.409. The first-order valence-corrected chi connectivity index (χ1v) is 6.86. The molecule has 1 fully saturated rings. The van der Waals surface area contributed by atoms with Gasteiger partial charge in [0.05, 0.1) is 12.0 Å². The first-order chi connectivity index (χ1) is 8.60. The second kappa shape index (κ2) is 7.36. The zero-order valence-corrected chi connectivity index (χ0v) is 11.4. The molecule has 2 atom stereocenters. The van der Waals surface area contributed by atoms with Crippen molar-refractivity contribution < 1.29 is 9.59 Å². The lowest BCUT2D eigenvalue weighted by atomic mass is 9.96. The van der Waals surface area contributed by atoms with Gasteiger partial charge in [-0.25, -0.2) is 0 Å². The first kappa shape index (κ1) is 15.0. The molecule has 0 aliphatic carbocycles. The Labute approximate surface area is 109 Å². The average molecular weight is 255 g/mol. The molecule has 0 aromatic carbocycles. The van der Waals surface area contributed by atoms with Crippen molar-refractivity contribution in [3.63, 3.8) is 0 Å². The van der Waals surface area contributed by atoms with E-state index in [1.54, 1.807) is 11.9 Å². The summed E-state index contributed by atoms with van der Waals surface area (Å²) >= 11 is 0.